The number of rotatable bonds is 6. The summed E-state index contributed by atoms with van der Waals surface area (Å²) in [5.74, 6) is 5.81. The molecule has 0 aliphatic carbocycles. The fraction of sp³-hybridized carbons (Fsp3) is 0.133. The largest absolute Gasteiger partial charge is 0.374 e. The van der Waals surface area contributed by atoms with Crippen LogP contribution in [0.4, 0.5) is 5.69 Å². The van der Waals surface area contributed by atoms with E-state index in [1.54, 1.807) is 13.8 Å². The van der Waals surface area contributed by atoms with Crippen LogP contribution in [0.2, 0.25) is 0 Å². The standard InChI is InChI=1S/C30H27NO/c1-3-23-29(2,32)27-21-13-14-22-28(27)31-30(24-15-7-4-8-16-24,25-17-9-5-10-18-25)26-19-11-6-12-20-26/h4-22,31-32H,1-2H3. The number of aliphatic hydroxyl groups is 1. The summed E-state index contributed by atoms with van der Waals surface area (Å²) in [6, 6.07) is 39.1. The molecule has 32 heavy (non-hydrogen) atoms. The molecule has 4 aromatic carbocycles. The lowest BCUT2D eigenvalue weighted by Gasteiger charge is -2.39. The van der Waals surface area contributed by atoms with Crippen LogP contribution in [-0.2, 0) is 11.1 Å². The van der Waals surface area contributed by atoms with Crippen molar-refractivity contribution in [3.63, 3.8) is 0 Å². The smallest absolute Gasteiger partial charge is 0.150 e. The average Bonchev–Trinajstić information content (AvgIpc) is 2.84. The molecule has 0 aliphatic rings. The molecule has 1 atom stereocenters. The molecule has 0 amide bonds. The summed E-state index contributed by atoms with van der Waals surface area (Å²) in [4.78, 5) is 0. The van der Waals surface area contributed by atoms with Crippen LogP contribution in [0.3, 0.4) is 0 Å². The molecule has 4 rings (SSSR count). The summed E-state index contributed by atoms with van der Waals surface area (Å²) in [5, 5.41) is 15.0. The Bertz CT molecular complexity index is 1120. The van der Waals surface area contributed by atoms with Gasteiger partial charge in [0.2, 0.25) is 0 Å². The lowest BCUT2D eigenvalue weighted by atomic mass is 9.76. The van der Waals surface area contributed by atoms with Crippen LogP contribution < -0.4 is 5.32 Å². The van der Waals surface area contributed by atoms with Crippen molar-refractivity contribution in [2.75, 3.05) is 5.32 Å². The van der Waals surface area contributed by atoms with E-state index in [2.05, 4.69) is 90.0 Å². The summed E-state index contributed by atoms with van der Waals surface area (Å²) in [6.07, 6.45) is 0. The first-order chi connectivity index (χ1) is 15.6. The van der Waals surface area contributed by atoms with Gasteiger partial charge < -0.3 is 10.4 Å². The minimum absolute atomic E-state index is 0.671. The van der Waals surface area contributed by atoms with Gasteiger partial charge in [0.05, 0.1) is 0 Å². The third-order valence-electron chi connectivity index (χ3n) is 5.76. The lowest BCUT2D eigenvalue weighted by Crippen LogP contribution is -2.39. The molecule has 0 spiro atoms. The average molecular weight is 418 g/mol. The fourth-order valence-corrected chi connectivity index (χ4v) is 4.31. The zero-order valence-electron chi connectivity index (χ0n) is 18.4. The van der Waals surface area contributed by atoms with Crippen molar-refractivity contribution in [1.29, 1.82) is 0 Å². The van der Waals surface area contributed by atoms with Crippen molar-refractivity contribution in [1.82, 2.24) is 0 Å². The van der Waals surface area contributed by atoms with Gasteiger partial charge in [0, 0.05) is 11.3 Å². The Balaban J connectivity index is 2.02. The highest BCUT2D eigenvalue weighted by atomic mass is 16.3. The van der Waals surface area contributed by atoms with Crippen molar-refractivity contribution in [2.45, 2.75) is 25.0 Å². The number of hydrogen-bond acceptors (Lipinski definition) is 2. The SMILES string of the molecule is CC#CC(C)(O)c1ccccc1NC(c1ccccc1)(c1ccccc1)c1ccccc1. The Kier molecular flexibility index (Phi) is 6.12. The maximum Gasteiger partial charge on any atom is 0.150 e. The van der Waals surface area contributed by atoms with Crippen molar-refractivity contribution in [3.8, 4) is 11.8 Å². The second kappa shape index (κ2) is 9.14. The molecule has 2 nitrogen and oxygen atoms in total. The van der Waals surface area contributed by atoms with Gasteiger partial charge in [-0.2, -0.15) is 0 Å². The zero-order chi connectivity index (χ0) is 22.4. The molecule has 0 heterocycles. The highest BCUT2D eigenvalue weighted by Gasteiger charge is 2.37. The van der Waals surface area contributed by atoms with Crippen molar-refractivity contribution in [3.05, 3.63) is 138 Å². The van der Waals surface area contributed by atoms with Gasteiger partial charge in [-0.05, 0) is 36.6 Å². The summed E-state index contributed by atoms with van der Waals surface area (Å²) >= 11 is 0. The molecule has 1 unspecified atom stereocenters. The van der Waals surface area contributed by atoms with Crippen LogP contribution in [0.25, 0.3) is 0 Å². The van der Waals surface area contributed by atoms with E-state index < -0.39 is 11.1 Å². The van der Waals surface area contributed by atoms with Crippen LogP contribution in [0, 0.1) is 11.8 Å². The molecular weight excluding hydrogens is 390 g/mol. The monoisotopic (exact) mass is 417 g/mol. The van der Waals surface area contributed by atoms with Gasteiger partial charge in [-0.25, -0.2) is 0 Å². The molecule has 158 valence electrons. The Labute approximate surface area is 190 Å². The molecule has 4 aromatic rings. The topological polar surface area (TPSA) is 32.3 Å². The molecule has 0 aliphatic heterocycles. The van der Waals surface area contributed by atoms with Gasteiger partial charge >= 0.3 is 0 Å². The maximum absolute atomic E-state index is 11.2. The molecular formula is C30H27NO. The molecule has 0 saturated heterocycles. The van der Waals surface area contributed by atoms with Crippen LogP contribution in [0.5, 0.6) is 0 Å². The minimum Gasteiger partial charge on any atom is -0.374 e. The molecule has 0 radical (unpaired) electrons. The molecule has 0 bridgehead atoms. The van der Waals surface area contributed by atoms with E-state index in [9.17, 15) is 5.11 Å². The third-order valence-corrected chi connectivity index (χ3v) is 5.76. The predicted molar refractivity (Wildman–Crippen MR) is 132 cm³/mol. The highest BCUT2D eigenvalue weighted by Crippen LogP contribution is 2.41. The highest BCUT2D eigenvalue weighted by molar-refractivity contribution is 5.64. The molecule has 0 fully saturated rings. The van der Waals surface area contributed by atoms with E-state index in [1.165, 1.54) is 0 Å². The Morgan fingerprint density at radius 3 is 1.47 bits per heavy atom. The van der Waals surface area contributed by atoms with Crippen LogP contribution >= 0.6 is 0 Å². The molecule has 0 saturated carbocycles. The number of para-hydroxylation sites is 1. The van der Waals surface area contributed by atoms with E-state index in [4.69, 9.17) is 0 Å². The lowest BCUT2D eigenvalue weighted by molar-refractivity contribution is 0.123. The maximum atomic E-state index is 11.2. The number of nitrogens with one attached hydrogen (secondary N) is 1. The first-order valence-electron chi connectivity index (χ1n) is 10.8. The third kappa shape index (κ3) is 4.04. The van der Waals surface area contributed by atoms with E-state index >= 15 is 0 Å². The minimum atomic E-state index is -1.28. The number of benzene rings is 4. The van der Waals surface area contributed by atoms with E-state index in [0.717, 1.165) is 27.9 Å². The molecule has 2 heteroatoms. The van der Waals surface area contributed by atoms with Crippen LogP contribution in [0.15, 0.2) is 115 Å². The second-order valence-corrected chi connectivity index (χ2v) is 7.97. The van der Waals surface area contributed by atoms with Gasteiger partial charge in [0.1, 0.15) is 11.1 Å². The Hall–Kier alpha value is -3.80. The molecule has 2 N–H and O–H groups in total. The fourth-order valence-electron chi connectivity index (χ4n) is 4.31. The zero-order valence-corrected chi connectivity index (χ0v) is 18.4. The summed E-state index contributed by atoms with van der Waals surface area (Å²) in [7, 11) is 0. The van der Waals surface area contributed by atoms with Crippen molar-refractivity contribution >= 4 is 5.69 Å². The Morgan fingerprint density at radius 1 is 0.625 bits per heavy atom. The normalized spacial score (nSPS) is 12.8. The molecule has 0 aromatic heterocycles. The Morgan fingerprint density at radius 2 is 1.03 bits per heavy atom. The first kappa shape index (κ1) is 21.4. The second-order valence-electron chi connectivity index (χ2n) is 7.97. The van der Waals surface area contributed by atoms with Gasteiger partial charge in [0.15, 0.2) is 0 Å². The van der Waals surface area contributed by atoms with E-state index in [-0.39, 0.29) is 0 Å². The van der Waals surface area contributed by atoms with Gasteiger partial charge in [-0.1, -0.05) is 115 Å². The first-order valence-corrected chi connectivity index (χ1v) is 10.8. The summed E-state index contributed by atoms with van der Waals surface area (Å²) in [5.41, 5.74) is 2.93. The summed E-state index contributed by atoms with van der Waals surface area (Å²) in [6.45, 7) is 3.48. The quantitative estimate of drug-likeness (QED) is 0.284. The van der Waals surface area contributed by atoms with E-state index in [0.29, 0.717) is 0 Å². The summed E-state index contributed by atoms with van der Waals surface area (Å²) < 4.78 is 0. The van der Waals surface area contributed by atoms with Crippen LogP contribution in [0.1, 0.15) is 36.1 Å². The van der Waals surface area contributed by atoms with Crippen molar-refractivity contribution in [2.24, 2.45) is 0 Å². The van der Waals surface area contributed by atoms with Gasteiger partial charge in [-0.15, -0.1) is 5.92 Å². The van der Waals surface area contributed by atoms with Gasteiger partial charge in [0.25, 0.3) is 0 Å². The van der Waals surface area contributed by atoms with E-state index in [1.807, 2.05) is 42.5 Å². The number of hydrogen-bond donors (Lipinski definition) is 2. The number of anilines is 1. The van der Waals surface area contributed by atoms with Crippen LogP contribution in [-0.4, -0.2) is 5.11 Å². The predicted octanol–water partition coefficient (Wildman–Crippen LogP) is 6.32. The van der Waals surface area contributed by atoms with Crippen molar-refractivity contribution < 1.29 is 5.11 Å². The van der Waals surface area contributed by atoms with Gasteiger partial charge in [-0.3, -0.25) is 0 Å².